The molecule has 3 rings (SSSR count). The van der Waals surface area contributed by atoms with E-state index in [-0.39, 0.29) is 11.7 Å². The van der Waals surface area contributed by atoms with Crippen molar-refractivity contribution in [3.8, 4) is 0 Å². The molecule has 0 unspecified atom stereocenters. The molecule has 3 nitrogen and oxygen atoms in total. The molecule has 0 aliphatic carbocycles. The Morgan fingerprint density at radius 1 is 0.958 bits per heavy atom. The van der Waals surface area contributed by atoms with Crippen molar-refractivity contribution >= 4 is 27.7 Å². The fourth-order valence-electron chi connectivity index (χ4n) is 2.92. The molecule has 0 aliphatic rings. The minimum Gasteiger partial charge on any atom is -0.455 e. The Balaban J connectivity index is 2.09. The normalized spacial score (nSPS) is 11.9. The van der Waals surface area contributed by atoms with Crippen molar-refractivity contribution in [2.24, 2.45) is 5.92 Å². The molecule has 1 aromatic heterocycles. The molecule has 2 aromatic carbocycles. The highest BCUT2D eigenvalue weighted by Gasteiger charge is 2.16. The molecule has 0 fully saturated rings. The molecular weight excluding hydrogens is 298 g/mol. The second-order valence-electron chi connectivity index (χ2n) is 7.02. The Kier molecular flexibility index (Phi) is 4.72. The summed E-state index contributed by atoms with van der Waals surface area (Å²) in [6.07, 6.45) is 0.425. The monoisotopic (exact) mass is 323 g/mol. The minimum absolute atomic E-state index is 0.0374. The van der Waals surface area contributed by atoms with Gasteiger partial charge in [0.1, 0.15) is 16.9 Å². The summed E-state index contributed by atoms with van der Waals surface area (Å²) in [5, 5.41) is 5.65. The maximum atomic E-state index is 12.2. The zero-order valence-corrected chi connectivity index (χ0v) is 14.8. The fraction of sp³-hybridized carbons (Fsp3) is 0.381. The molecule has 0 saturated carbocycles. The molecule has 24 heavy (non-hydrogen) atoms. The fourth-order valence-corrected chi connectivity index (χ4v) is 2.92. The number of furan rings is 1. The van der Waals surface area contributed by atoms with Crippen LogP contribution in [0.25, 0.3) is 21.9 Å². The van der Waals surface area contributed by atoms with Gasteiger partial charge in [-0.05, 0) is 0 Å². The van der Waals surface area contributed by atoms with E-state index < -0.39 is 0 Å². The molecular formula is C21H25NO2. The van der Waals surface area contributed by atoms with E-state index >= 15 is 0 Å². The third-order valence-electron chi connectivity index (χ3n) is 4.40. The van der Waals surface area contributed by atoms with Gasteiger partial charge in [0.15, 0.2) is 0 Å². The molecule has 0 amide bonds. The van der Waals surface area contributed by atoms with Gasteiger partial charge in [0, 0.05) is 46.8 Å². The Hall–Kier alpha value is -2.13. The highest BCUT2D eigenvalue weighted by atomic mass is 16.3. The van der Waals surface area contributed by atoms with Crippen LogP contribution in [0, 0.1) is 5.92 Å². The summed E-state index contributed by atoms with van der Waals surface area (Å²) in [7, 11) is 0. The van der Waals surface area contributed by atoms with E-state index in [1.807, 2.05) is 26.0 Å². The van der Waals surface area contributed by atoms with Crippen molar-refractivity contribution in [3.05, 3.63) is 47.5 Å². The van der Waals surface area contributed by atoms with Crippen LogP contribution in [0.15, 0.2) is 40.8 Å². The Bertz CT molecular complexity index is 874. The first kappa shape index (κ1) is 16.7. The minimum atomic E-state index is 0.0374. The van der Waals surface area contributed by atoms with Crippen LogP contribution in [-0.4, -0.2) is 11.8 Å². The number of carbonyl (C=O) groups excluding carboxylic acids is 1. The molecule has 3 heteroatoms. The molecule has 0 spiro atoms. The summed E-state index contributed by atoms with van der Waals surface area (Å²) >= 11 is 0. The van der Waals surface area contributed by atoms with Crippen molar-refractivity contribution in [2.45, 2.75) is 46.7 Å². The van der Waals surface area contributed by atoms with Gasteiger partial charge >= 0.3 is 0 Å². The molecule has 126 valence electrons. The van der Waals surface area contributed by atoms with E-state index in [0.29, 0.717) is 12.5 Å². The van der Waals surface area contributed by atoms with Crippen LogP contribution in [0.3, 0.4) is 0 Å². The highest BCUT2D eigenvalue weighted by Crippen LogP contribution is 2.33. The van der Waals surface area contributed by atoms with Crippen molar-refractivity contribution in [3.63, 3.8) is 0 Å². The summed E-state index contributed by atoms with van der Waals surface area (Å²) in [5.41, 5.74) is 3.90. The first-order valence-electron chi connectivity index (χ1n) is 8.65. The average Bonchev–Trinajstić information content (AvgIpc) is 2.93. The summed E-state index contributed by atoms with van der Waals surface area (Å²) < 4.78 is 6.24. The maximum Gasteiger partial charge on any atom is 0.139 e. The number of hydrogen-bond acceptors (Lipinski definition) is 3. The predicted molar refractivity (Wildman–Crippen MR) is 99.2 cm³/mol. The van der Waals surface area contributed by atoms with Gasteiger partial charge in [-0.25, -0.2) is 0 Å². The van der Waals surface area contributed by atoms with E-state index in [1.54, 1.807) is 0 Å². The lowest BCUT2D eigenvalue weighted by molar-refractivity contribution is -0.121. The highest BCUT2D eigenvalue weighted by molar-refractivity contribution is 6.07. The van der Waals surface area contributed by atoms with Crippen molar-refractivity contribution < 1.29 is 9.21 Å². The van der Waals surface area contributed by atoms with Crippen LogP contribution in [0.5, 0.6) is 0 Å². The van der Waals surface area contributed by atoms with Gasteiger partial charge in [0.05, 0.1) is 0 Å². The van der Waals surface area contributed by atoms with Crippen LogP contribution < -0.4 is 5.32 Å². The molecule has 1 N–H and O–H groups in total. The van der Waals surface area contributed by atoms with Crippen molar-refractivity contribution in [1.82, 2.24) is 5.32 Å². The van der Waals surface area contributed by atoms with Crippen molar-refractivity contribution in [1.29, 1.82) is 0 Å². The predicted octanol–water partition coefficient (Wildman–Crippen LogP) is 4.85. The van der Waals surface area contributed by atoms with Gasteiger partial charge < -0.3 is 9.73 Å². The number of hydrogen-bond donors (Lipinski definition) is 1. The number of ketones is 1. The SMILES string of the molecule is CC(C)NCc1cccc2c1oc1c(CC(=O)C(C)C)cccc12. The van der Waals surface area contributed by atoms with Crippen LogP contribution in [0.1, 0.15) is 38.8 Å². The number of rotatable bonds is 6. The quantitative estimate of drug-likeness (QED) is 0.705. The summed E-state index contributed by atoms with van der Waals surface area (Å²) in [4.78, 5) is 12.2. The second-order valence-corrected chi connectivity index (χ2v) is 7.02. The van der Waals surface area contributed by atoms with Crippen LogP contribution in [0.4, 0.5) is 0 Å². The largest absolute Gasteiger partial charge is 0.455 e. The Morgan fingerprint density at radius 2 is 1.54 bits per heavy atom. The van der Waals surface area contributed by atoms with Gasteiger partial charge in [-0.3, -0.25) is 4.79 Å². The number of carbonyl (C=O) groups is 1. The first-order chi connectivity index (χ1) is 11.5. The standard InChI is InChI=1S/C21H25NO2/c1-13(2)19(23)11-15-7-5-9-17-18-10-6-8-16(12-22-14(3)4)21(18)24-20(15)17/h5-10,13-14,22H,11-12H2,1-4H3. The van der Waals surface area contributed by atoms with Gasteiger partial charge in [0.2, 0.25) is 0 Å². The lowest BCUT2D eigenvalue weighted by Crippen LogP contribution is -2.21. The third kappa shape index (κ3) is 3.22. The van der Waals surface area contributed by atoms with Gasteiger partial charge in [-0.15, -0.1) is 0 Å². The maximum absolute atomic E-state index is 12.2. The Morgan fingerprint density at radius 3 is 2.12 bits per heavy atom. The number of para-hydroxylation sites is 2. The van der Waals surface area contributed by atoms with Crippen molar-refractivity contribution in [2.75, 3.05) is 0 Å². The van der Waals surface area contributed by atoms with Gasteiger partial charge in [-0.1, -0.05) is 64.1 Å². The number of Topliss-reactive ketones (excluding diaryl/α,β-unsaturated/α-hetero) is 1. The number of nitrogens with one attached hydrogen (secondary N) is 1. The van der Waals surface area contributed by atoms with E-state index in [9.17, 15) is 4.79 Å². The van der Waals surface area contributed by atoms with Crippen LogP contribution in [-0.2, 0) is 17.8 Å². The van der Waals surface area contributed by atoms with E-state index in [2.05, 4.69) is 43.4 Å². The number of benzene rings is 2. The molecule has 0 saturated heterocycles. The molecule has 0 atom stereocenters. The number of fused-ring (bicyclic) bond motifs is 3. The molecule has 0 aliphatic heterocycles. The Labute approximate surface area is 143 Å². The lowest BCUT2D eigenvalue weighted by atomic mass is 9.99. The average molecular weight is 323 g/mol. The molecule has 3 aromatic rings. The van der Waals surface area contributed by atoms with Gasteiger partial charge in [-0.2, -0.15) is 0 Å². The smallest absolute Gasteiger partial charge is 0.139 e. The summed E-state index contributed by atoms with van der Waals surface area (Å²) in [6, 6.07) is 12.8. The van der Waals surface area contributed by atoms with Crippen LogP contribution in [0.2, 0.25) is 0 Å². The summed E-state index contributed by atoms with van der Waals surface area (Å²) in [5.74, 6) is 0.278. The molecule has 0 radical (unpaired) electrons. The third-order valence-corrected chi connectivity index (χ3v) is 4.40. The van der Waals surface area contributed by atoms with E-state index in [0.717, 1.165) is 39.6 Å². The zero-order chi connectivity index (χ0) is 17.3. The topological polar surface area (TPSA) is 42.2 Å². The first-order valence-corrected chi connectivity index (χ1v) is 8.65. The zero-order valence-electron chi connectivity index (χ0n) is 14.8. The van der Waals surface area contributed by atoms with E-state index in [1.165, 1.54) is 0 Å². The van der Waals surface area contributed by atoms with E-state index in [4.69, 9.17) is 4.42 Å². The lowest BCUT2D eigenvalue weighted by Gasteiger charge is -2.08. The second kappa shape index (κ2) is 6.78. The molecule has 1 heterocycles. The molecule has 0 bridgehead atoms. The summed E-state index contributed by atoms with van der Waals surface area (Å²) in [6.45, 7) is 8.92. The van der Waals surface area contributed by atoms with Crippen LogP contribution >= 0.6 is 0 Å². The van der Waals surface area contributed by atoms with Gasteiger partial charge in [0.25, 0.3) is 0 Å².